The number of fused-ring (bicyclic) bond motifs is 1. The van der Waals surface area contributed by atoms with E-state index in [1.807, 2.05) is 18.2 Å². The molecular weight excluding hydrogens is 464 g/mol. The number of rotatable bonds is 8. The average Bonchev–Trinajstić information content (AvgIpc) is 3.32. The molecular formula is C26H23F2N7O. The van der Waals surface area contributed by atoms with Crippen molar-refractivity contribution in [2.45, 2.75) is 13.5 Å². The van der Waals surface area contributed by atoms with Crippen molar-refractivity contribution in [3.8, 4) is 28.5 Å². The number of halogens is 2. The van der Waals surface area contributed by atoms with Gasteiger partial charge < -0.3 is 20.8 Å². The lowest BCUT2D eigenvalue weighted by Gasteiger charge is -2.07. The third-order valence-corrected chi connectivity index (χ3v) is 5.51. The van der Waals surface area contributed by atoms with Crippen LogP contribution in [0.25, 0.3) is 33.7 Å². The number of nitrogens with one attached hydrogen (secondary N) is 2. The van der Waals surface area contributed by atoms with Crippen LogP contribution >= 0.6 is 0 Å². The number of aryl methyl sites for hydroxylation is 1. The Bertz CT molecular complexity index is 1540. The third-order valence-electron chi connectivity index (χ3n) is 5.51. The second-order valence-electron chi connectivity index (χ2n) is 8.05. The normalized spacial score (nSPS) is 11.1. The summed E-state index contributed by atoms with van der Waals surface area (Å²) in [4.78, 5) is 21.3. The van der Waals surface area contributed by atoms with E-state index in [0.29, 0.717) is 58.7 Å². The highest BCUT2D eigenvalue weighted by molar-refractivity contribution is 5.85. The van der Waals surface area contributed by atoms with Crippen LogP contribution in [-0.2, 0) is 6.54 Å². The summed E-state index contributed by atoms with van der Waals surface area (Å²) < 4.78 is 33.5. The molecule has 182 valence electrons. The highest BCUT2D eigenvalue weighted by Crippen LogP contribution is 2.31. The summed E-state index contributed by atoms with van der Waals surface area (Å²) in [5, 5.41) is 3.05. The van der Waals surface area contributed by atoms with Crippen LogP contribution in [0.15, 0.2) is 60.8 Å². The van der Waals surface area contributed by atoms with Crippen molar-refractivity contribution in [1.82, 2.24) is 24.9 Å². The Labute approximate surface area is 205 Å². The Kier molecular flexibility index (Phi) is 6.50. The summed E-state index contributed by atoms with van der Waals surface area (Å²) in [7, 11) is 0. The molecule has 5 aromatic rings. The number of hydrogen-bond acceptors (Lipinski definition) is 7. The molecule has 36 heavy (non-hydrogen) atoms. The van der Waals surface area contributed by atoms with Gasteiger partial charge in [-0.1, -0.05) is 18.2 Å². The van der Waals surface area contributed by atoms with Gasteiger partial charge in [0, 0.05) is 12.1 Å². The van der Waals surface area contributed by atoms with E-state index in [4.69, 9.17) is 15.5 Å². The number of imidazole rings is 1. The van der Waals surface area contributed by atoms with Crippen molar-refractivity contribution in [2.75, 3.05) is 18.5 Å². The maximum Gasteiger partial charge on any atom is 0.232 e. The van der Waals surface area contributed by atoms with Crippen LogP contribution in [-0.4, -0.2) is 38.1 Å². The molecule has 2 aromatic carbocycles. The first-order valence-electron chi connectivity index (χ1n) is 11.3. The smallest absolute Gasteiger partial charge is 0.232 e. The SMILES string of the molecule is Cc1nc(-c2nc(CNc3ccccc3F)[nH]c2-c2ccc3ncc(OCCN)nc3c2)ccc1F. The number of aromatic nitrogens is 5. The molecule has 0 saturated heterocycles. The van der Waals surface area contributed by atoms with Gasteiger partial charge in [-0.25, -0.2) is 28.7 Å². The first-order valence-corrected chi connectivity index (χ1v) is 11.3. The highest BCUT2D eigenvalue weighted by Gasteiger charge is 2.17. The second-order valence-corrected chi connectivity index (χ2v) is 8.05. The van der Waals surface area contributed by atoms with Crippen LogP contribution in [0.5, 0.6) is 5.88 Å². The van der Waals surface area contributed by atoms with Gasteiger partial charge in [-0.15, -0.1) is 0 Å². The number of H-pyrrole nitrogens is 1. The number of nitrogens with two attached hydrogens (primary N) is 1. The van der Waals surface area contributed by atoms with E-state index in [1.165, 1.54) is 12.1 Å². The molecule has 0 aliphatic rings. The Morgan fingerprint density at radius 1 is 0.972 bits per heavy atom. The molecule has 0 aliphatic heterocycles. The number of nitrogens with zero attached hydrogens (tertiary/aromatic N) is 4. The van der Waals surface area contributed by atoms with Crippen LogP contribution < -0.4 is 15.8 Å². The lowest BCUT2D eigenvalue weighted by molar-refractivity contribution is 0.315. The average molecular weight is 488 g/mol. The largest absolute Gasteiger partial charge is 0.475 e. The Balaban J connectivity index is 1.55. The maximum absolute atomic E-state index is 14.1. The summed E-state index contributed by atoms with van der Waals surface area (Å²) in [5.74, 6) is 0.170. The zero-order chi connectivity index (χ0) is 25.1. The van der Waals surface area contributed by atoms with Crippen LogP contribution in [0.4, 0.5) is 14.5 Å². The summed E-state index contributed by atoms with van der Waals surface area (Å²) in [5.41, 5.74) is 9.92. The molecule has 3 heterocycles. The van der Waals surface area contributed by atoms with E-state index in [-0.39, 0.29) is 18.1 Å². The fourth-order valence-electron chi connectivity index (χ4n) is 3.74. The van der Waals surface area contributed by atoms with Crippen LogP contribution in [0.2, 0.25) is 0 Å². The molecule has 0 saturated carbocycles. The fourth-order valence-corrected chi connectivity index (χ4v) is 3.74. The number of pyridine rings is 1. The van der Waals surface area contributed by atoms with Crippen LogP contribution in [0.1, 0.15) is 11.5 Å². The van der Waals surface area contributed by atoms with E-state index >= 15 is 0 Å². The minimum absolute atomic E-state index is 0.235. The van der Waals surface area contributed by atoms with Gasteiger partial charge in [-0.2, -0.15) is 0 Å². The number of benzene rings is 2. The van der Waals surface area contributed by atoms with E-state index in [0.717, 1.165) is 5.56 Å². The lowest BCUT2D eigenvalue weighted by Crippen LogP contribution is -2.11. The minimum atomic E-state index is -0.400. The van der Waals surface area contributed by atoms with Crippen molar-refractivity contribution in [3.63, 3.8) is 0 Å². The molecule has 0 unspecified atom stereocenters. The van der Waals surface area contributed by atoms with Gasteiger partial charge >= 0.3 is 0 Å². The molecule has 0 bridgehead atoms. The fraction of sp³-hybridized carbons (Fsp3) is 0.154. The first kappa shape index (κ1) is 23.3. The molecule has 0 amide bonds. The molecule has 0 fully saturated rings. The van der Waals surface area contributed by atoms with Crippen molar-refractivity contribution in [2.24, 2.45) is 5.73 Å². The van der Waals surface area contributed by atoms with Crippen LogP contribution in [0, 0.1) is 18.6 Å². The third kappa shape index (κ3) is 4.84. The quantitative estimate of drug-likeness (QED) is 0.293. The number of ether oxygens (including phenoxy) is 1. The highest BCUT2D eigenvalue weighted by atomic mass is 19.1. The Morgan fingerprint density at radius 3 is 2.64 bits per heavy atom. The molecule has 10 heteroatoms. The lowest BCUT2D eigenvalue weighted by atomic mass is 10.1. The van der Waals surface area contributed by atoms with Crippen molar-refractivity contribution < 1.29 is 13.5 Å². The van der Waals surface area contributed by atoms with E-state index in [1.54, 1.807) is 37.4 Å². The predicted molar refractivity (Wildman–Crippen MR) is 133 cm³/mol. The molecule has 0 radical (unpaired) electrons. The van der Waals surface area contributed by atoms with E-state index in [9.17, 15) is 8.78 Å². The zero-order valence-electron chi connectivity index (χ0n) is 19.4. The van der Waals surface area contributed by atoms with Gasteiger partial charge in [-0.3, -0.25) is 0 Å². The summed E-state index contributed by atoms with van der Waals surface area (Å²) in [6.07, 6.45) is 1.55. The van der Waals surface area contributed by atoms with Crippen molar-refractivity contribution in [1.29, 1.82) is 0 Å². The second kappa shape index (κ2) is 10.0. The maximum atomic E-state index is 14.1. The molecule has 5 rings (SSSR count). The molecule has 4 N–H and O–H groups in total. The standard InChI is InChI=1S/C26H23F2N7O/c1-15-17(27)7-9-21(32-15)26-25(34-23(35-26)13-30-19-5-3-2-4-18(19)28)16-6-8-20-22(12-16)33-24(14-31-20)36-11-10-29/h2-9,12,14,30H,10-11,13,29H2,1H3,(H,34,35). The monoisotopic (exact) mass is 487 g/mol. The predicted octanol–water partition coefficient (Wildman–Crippen LogP) is 4.62. The first-order chi connectivity index (χ1) is 17.5. The molecule has 0 spiro atoms. The van der Waals surface area contributed by atoms with Gasteiger partial charge in [0.25, 0.3) is 0 Å². The molecule has 0 atom stereocenters. The minimum Gasteiger partial charge on any atom is -0.475 e. The van der Waals surface area contributed by atoms with Crippen molar-refractivity contribution >= 4 is 16.7 Å². The van der Waals surface area contributed by atoms with Crippen molar-refractivity contribution in [3.05, 3.63) is 83.9 Å². The summed E-state index contributed by atoms with van der Waals surface area (Å²) in [6.45, 7) is 2.53. The molecule has 0 aliphatic carbocycles. The topological polar surface area (TPSA) is 115 Å². The summed E-state index contributed by atoms with van der Waals surface area (Å²) in [6, 6.07) is 14.9. The Morgan fingerprint density at radius 2 is 1.83 bits per heavy atom. The van der Waals surface area contributed by atoms with Crippen LogP contribution in [0.3, 0.4) is 0 Å². The number of anilines is 1. The number of hydrogen-bond donors (Lipinski definition) is 3. The van der Waals surface area contributed by atoms with E-state index in [2.05, 4.69) is 25.3 Å². The molecule has 8 nitrogen and oxygen atoms in total. The number of para-hydroxylation sites is 1. The Hall–Kier alpha value is -4.44. The van der Waals surface area contributed by atoms with Gasteiger partial charge in [0.1, 0.15) is 29.8 Å². The summed E-state index contributed by atoms with van der Waals surface area (Å²) >= 11 is 0. The number of aromatic amines is 1. The molecule has 3 aromatic heterocycles. The van der Waals surface area contributed by atoms with Gasteiger partial charge in [0.05, 0.1) is 46.5 Å². The van der Waals surface area contributed by atoms with Gasteiger partial charge in [-0.05, 0) is 43.3 Å². The zero-order valence-corrected chi connectivity index (χ0v) is 19.4. The van der Waals surface area contributed by atoms with Gasteiger partial charge in [0.15, 0.2) is 0 Å². The van der Waals surface area contributed by atoms with E-state index < -0.39 is 5.82 Å². The van der Waals surface area contributed by atoms with Gasteiger partial charge in [0.2, 0.25) is 5.88 Å².